The van der Waals surface area contributed by atoms with E-state index in [0.717, 1.165) is 16.0 Å². The number of fused-ring (bicyclic) bond motifs is 1. The Morgan fingerprint density at radius 2 is 2.09 bits per heavy atom. The van der Waals surface area contributed by atoms with Crippen molar-refractivity contribution in [2.45, 2.75) is 26.7 Å². The molecule has 0 unspecified atom stereocenters. The Morgan fingerprint density at radius 1 is 1.32 bits per heavy atom. The lowest BCUT2D eigenvalue weighted by molar-refractivity contribution is 0.103. The lowest BCUT2D eigenvalue weighted by atomic mass is 10.2. The second kappa shape index (κ2) is 5.78. The molecule has 0 aliphatic heterocycles. The zero-order valence-electron chi connectivity index (χ0n) is 12.6. The Labute approximate surface area is 137 Å². The maximum atomic E-state index is 12.5. The average Bonchev–Trinajstić information content (AvgIpc) is 3.01. The molecule has 22 heavy (non-hydrogen) atoms. The third kappa shape index (κ3) is 2.76. The van der Waals surface area contributed by atoms with Crippen LogP contribution in [0.25, 0.3) is 11.0 Å². The first-order valence-corrected chi connectivity index (χ1v) is 8.25. The fourth-order valence-corrected chi connectivity index (χ4v) is 3.82. The van der Waals surface area contributed by atoms with E-state index in [9.17, 15) is 4.79 Å². The van der Waals surface area contributed by atoms with E-state index in [-0.39, 0.29) is 5.91 Å². The molecule has 0 fully saturated rings. The summed E-state index contributed by atoms with van der Waals surface area (Å²) in [5, 5.41) is 4.54. The van der Waals surface area contributed by atoms with Crippen LogP contribution in [0.3, 0.4) is 0 Å². The van der Waals surface area contributed by atoms with E-state index in [1.165, 1.54) is 11.3 Å². The smallest absolute Gasteiger partial charge is 0.265 e. The van der Waals surface area contributed by atoms with Gasteiger partial charge in [-0.2, -0.15) is 0 Å². The zero-order valence-corrected chi connectivity index (χ0v) is 14.1. The molecule has 1 aromatic carbocycles. The summed E-state index contributed by atoms with van der Waals surface area (Å²) in [7, 11) is 0. The first-order valence-electron chi connectivity index (χ1n) is 7.05. The fraction of sp³-hybridized carbons (Fsp3) is 0.235. The summed E-state index contributed by atoms with van der Waals surface area (Å²) < 4.78 is 5.67. The highest BCUT2D eigenvalue weighted by molar-refractivity contribution is 7.14. The molecule has 3 nitrogen and oxygen atoms in total. The van der Waals surface area contributed by atoms with Crippen LogP contribution in [0, 0.1) is 6.92 Å². The van der Waals surface area contributed by atoms with Crippen LogP contribution in [-0.4, -0.2) is 5.91 Å². The number of carbonyl (C=O) groups is 1. The van der Waals surface area contributed by atoms with Crippen LogP contribution in [0.2, 0.25) is 5.02 Å². The summed E-state index contributed by atoms with van der Waals surface area (Å²) >= 11 is 7.63. The second-order valence-corrected chi connectivity index (χ2v) is 7.00. The Kier molecular flexibility index (Phi) is 3.98. The molecule has 0 bridgehead atoms. The van der Waals surface area contributed by atoms with Crippen molar-refractivity contribution in [3.8, 4) is 0 Å². The van der Waals surface area contributed by atoms with Crippen LogP contribution < -0.4 is 5.32 Å². The molecule has 2 heterocycles. The summed E-state index contributed by atoms with van der Waals surface area (Å²) in [5.74, 6) is 0.952. The van der Waals surface area contributed by atoms with Crippen LogP contribution in [-0.2, 0) is 0 Å². The minimum absolute atomic E-state index is 0.166. The van der Waals surface area contributed by atoms with E-state index < -0.39 is 0 Å². The van der Waals surface area contributed by atoms with Gasteiger partial charge in [-0.1, -0.05) is 37.6 Å². The largest absolute Gasteiger partial charge is 0.459 e. The molecule has 0 saturated carbocycles. The molecule has 3 aromatic rings. The number of nitrogens with one attached hydrogen (secondary N) is 1. The topological polar surface area (TPSA) is 42.2 Å². The van der Waals surface area contributed by atoms with Crippen molar-refractivity contribution in [2.24, 2.45) is 0 Å². The third-order valence-corrected chi connectivity index (χ3v) is 5.24. The second-order valence-electron chi connectivity index (χ2n) is 5.51. The summed E-state index contributed by atoms with van der Waals surface area (Å²) in [6, 6.07) is 9.37. The summed E-state index contributed by atoms with van der Waals surface area (Å²) in [4.78, 5) is 14.1. The van der Waals surface area contributed by atoms with Crippen LogP contribution in [0.1, 0.15) is 40.1 Å². The highest BCUT2D eigenvalue weighted by Crippen LogP contribution is 2.34. The van der Waals surface area contributed by atoms with E-state index in [2.05, 4.69) is 19.2 Å². The molecule has 3 rings (SSSR count). The van der Waals surface area contributed by atoms with Crippen LogP contribution >= 0.6 is 22.9 Å². The highest BCUT2D eigenvalue weighted by Gasteiger charge is 2.17. The van der Waals surface area contributed by atoms with Gasteiger partial charge in [0.2, 0.25) is 0 Å². The Balaban J connectivity index is 1.91. The lowest BCUT2D eigenvalue weighted by Gasteiger charge is -2.04. The molecule has 0 atom stereocenters. The minimum atomic E-state index is -0.166. The molecule has 1 amide bonds. The normalized spacial score (nSPS) is 11.3. The minimum Gasteiger partial charge on any atom is -0.459 e. The van der Waals surface area contributed by atoms with E-state index >= 15 is 0 Å². The molecule has 0 aliphatic rings. The quantitative estimate of drug-likeness (QED) is 0.655. The van der Waals surface area contributed by atoms with Crippen LogP contribution in [0.15, 0.2) is 34.7 Å². The monoisotopic (exact) mass is 333 g/mol. The van der Waals surface area contributed by atoms with E-state index in [1.54, 1.807) is 6.07 Å². The maximum Gasteiger partial charge on any atom is 0.265 e. The van der Waals surface area contributed by atoms with Crippen molar-refractivity contribution in [1.29, 1.82) is 0 Å². The number of furan rings is 1. The van der Waals surface area contributed by atoms with Crippen molar-refractivity contribution in [3.05, 3.63) is 50.9 Å². The van der Waals surface area contributed by atoms with Crippen molar-refractivity contribution in [1.82, 2.24) is 0 Å². The fourth-order valence-electron chi connectivity index (χ4n) is 2.36. The molecule has 0 saturated heterocycles. The predicted octanol–water partition coefficient (Wildman–Crippen LogP) is 5.83. The lowest BCUT2D eigenvalue weighted by Crippen LogP contribution is -2.10. The molecule has 2 aromatic heterocycles. The van der Waals surface area contributed by atoms with Gasteiger partial charge in [-0.25, -0.2) is 0 Å². The van der Waals surface area contributed by atoms with Gasteiger partial charge in [0, 0.05) is 10.3 Å². The number of thiophene rings is 1. The standard InChI is InChI=1S/C17H16ClNO2S/c1-9(2)16-12(18)8-14(22-16)17(20)19-13-6-4-5-11-7-10(3)21-15(11)13/h4-9H,1-3H3,(H,19,20). The number of rotatable bonds is 3. The highest BCUT2D eigenvalue weighted by atomic mass is 35.5. The van der Waals surface area contributed by atoms with Gasteiger partial charge in [0.1, 0.15) is 5.76 Å². The van der Waals surface area contributed by atoms with Crippen LogP contribution in [0.4, 0.5) is 5.69 Å². The number of anilines is 1. The zero-order chi connectivity index (χ0) is 15.9. The molecule has 1 N–H and O–H groups in total. The number of hydrogen-bond donors (Lipinski definition) is 1. The number of para-hydroxylation sites is 1. The van der Waals surface area contributed by atoms with Gasteiger partial charge < -0.3 is 9.73 Å². The predicted molar refractivity (Wildman–Crippen MR) is 92.3 cm³/mol. The van der Waals surface area contributed by atoms with Gasteiger partial charge in [0.15, 0.2) is 5.58 Å². The number of hydrogen-bond acceptors (Lipinski definition) is 3. The number of carbonyl (C=O) groups excluding carboxylic acids is 1. The first kappa shape index (κ1) is 15.1. The Hall–Kier alpha value is -1.78. The van der Waals surface area contributed by atoms with Gasteiger partial charge in [0.05, 0.1) is 15.6 Å². The van der Waals surface area contributed by atoms with Gasteiger partial charge in [-0.15, -0.1) is 11.3 Å². The molecule has 0 aliphatic carbocycles. The Morgan fingerprint density at radius 3 is 2.77 bits per heavy atom. The molecule has 0 radical (unpaired) electrons. The summed E-state index contributed by atoms with van der Waals surface area (Å²) in [6.07, 6.45) is 0. The van der Waals surface area contributed by atoms with Gasteiger partial charge in [0.25, 0.3) is 5.91 Å². The third-order valence-electron chi connectivity index (χ3n) is 3.38. The first-order chi connectivity index (χ1) is 10.5. The molecular formula is C17H16ClNO2S. The van der Waals surface area contributed by atoms with Gasteiger partial charge >= 0.3 is 0 Å². The van der Waals surface area contributed by atoms with Crippen molar-refractivity contribution in [3.63, 3.8) is 0 Å². The van der Waals surface area contributed by atoms with E-state index in [0.29, 0.717) is 27.1 Å². The van der Waals surface area contributed by atoms with Crippen molar-refractivity contribution >= 4 is 45.5 Å². The molecule has 114 valence electrons. The number of amides is 1. The van der Waals surface area contributed by atoms with E-state index in [1.807, 2.05) is 31.2 Å². The molecule has 0 spiro atoms. The maximum absolute atomic E-state index is 12.5. The molecular weight excluding hydrogens is 318 g/mol. The van der Waals surface area contributed by atoms with Crippen molar-refractivity contribution < 1.29 is 9.21 Å². The average molecular weight is 334 g/mol. The van der Waals surface area contributed by atoms with Crippen molar-refractivity contribution in [2.75, 3.05) is 5.32 Å². The number of aryl methyl sites for hydroxylation is 1. The van der Waals surface area contributed by atoms with Gasteiger partial charge in [-0.05, 0) is 31.0 Å². The SMILES string of the molecule is Cc1cc2cccc(NC(=O)c3cc(Cl)c(C(C)C)s3)c2o1. The molecule has 5 heteroatoms. The number of halogens is 1. The van der Waals surface area contributed by atoms with Gasteiger partial charge in [-0.3, -0.25) is 4.79 Å². The van der Waals surface area contributed by atoms with E-state index in [4.69, 9.17) is 16.0 Å². The summed E-state index contributed by atoms with van der Waals surface area (Å²) in [5.41, 5.74) is 1.37. The van der Waals surface area contributed by atoms with Crippen LogP contribution in [0.5, 0.6) is 0 Å². The summed E-state index contributed by atoms with van der Waals surface area (Å²) in [6.45, 7) is 6.01. The Bertz CT molecular complexity index is 848. The number of benzene rings is 1.